The molecule has 1 atom stereocenters. The second kappa shape index (κ2) is 9.53. The number of piperidine rings is 1. The van der Waals surface area contributed by atoms with Crippen molar-refractivity contribution in [3.05, 3.63) is 21.9 Å². The van der Waals surface area contributed by atoms with Crippen LogP contribution in [0.25, 0.3) is 0 Å². The van der Waals surface area contributed by atoms with Gasteiger partial charge in [-0.15, -0.1) is 11.3 Å². The highest BCUT2D eigenvalue weighted by Gasteiger charge is 2.23. The van der Waals surface area contributed by atoms with E-state index >= 15 is 0 Å². The van der Waals surface area contributed by atoms with Crippen LogP contribution in [0.15, 0.2) is 12.1 Å². The molecular formula is C22H34N2O2S. The van der Waals surface area contributed by atoms with Crippen LogP contribution < -0.4 is 0 Å². The normalized spacial score (nSPS) is 25.2. The second-order valence-electron chi connectivity index (χ2n) is 8.51. The molecule has 0 saturated carbocycles. The third-order valence-electron chi connectivity index (χ3n) is 6.49. The standard InChI is InChI=1S/C22H34N2O2S/c25-22(24-12-2-3-13-24)9-6-18-10-14-23(15-11-18)17-19-7-8-21(27-19)20-5-1-4-16-26-20/h7-8,18,20H,1-6,9-17H2/t20-/m0/s1. The lowest BCUT2D eigenvalue weighted by atomic mass is 9.92. The van der Waals surface area contributed by atoms with Crippen molar-refractivity contribution in [1.82, 2.24) is 9.80 Å². The van der Waals surface area contributed by atoms with Crippen molar-refractivity contribution < 1.29 is 9.53 Å². The van der Waals surface area contributed by atoms with Gasteiger partial charge in [0, 0.05) is 42.4 Å². The van der Waals surface area contributed by atoms with Crippen molar-refractivity contribution >= 4 is 17.2 Å². The first kappa shape index (κ1) is 19.4. The van der Waals surface area contributed by atoms with Crippen LogP contribution in [-0.2, 0) is 16.1 Å². The fourth-order valence-electron chi connectivity index (χ4n) is 4.72. The van der Waals surface area contributed by atoms with Crippen molar-refractivity contribution in [3.63, 3.8) is 0 Å². The minimum Gasteiger partial charge on any atom is -0.373 e. The molecule has 3 fully saturated rings. The number of hydrogen-bond acceptors (Lipinski definition) is 4. The van der Waals surface area contributed by atoms with Crippen LogP contribution in [0.1, 0.15) is 73.6 Å². The van der Waals surface area contributed by atoms with Gasteiger partial charge in [-0.1, -0.05) is 0 Å². The van der Waals surface area contributed by atoms with Crippen LogP contribution in [0, 0.1) is 5.92 Å². The van der Waals surface area contributed by atoms with Gasteiger partial charge in [-0.2, -0.15) is 0 Å². The van der Waals surface area contributed by atoms with Crippen LogP contribution in [0.2, 0.25) is 0 Å². The third-order valence-corrected chi connectivity index (χ3v) is 7.65. The quantitative estimate of drug-likeness (QED) is 0.711. The molecule has 0 radical (unpaired) electrons. The Labute approximate surface area is 167 Å². The number of thiophene rings is 1. The number of nitrogens with zero attached hydrogens (tertiary/aromatic N) is 2. The summed E-state index contributed by atoms with van der Waals surface area (Å²) in [6.07, 6.45) is 10.8. The van der Waals surface area contributed by atoms with Gasteiger partial charge in [0.05, 0.1) is 6.10 Å². The number of carbonyl (C=O) groups excluding carboxylic acids is 1. The summed E-state index contributed by atoms with van der Waals surface area (Å²) in [5, 5.41) is 0. The van der Waals surface area contributed by atoms with Crippen molar-refractivity contribution in [2.24, 2.45) is 5.92 Å². The van der Waals surface area contributed by atoms with Crippen molar-refractivity contribution in [2.75, 3.05) is 32.8 Å². The summed E-state index contributed by atoms with van der Waals surface area (Å²) in [6.45, 7) is 6.34. The number of likely N-dealkylation sites (tertiary alicyclic amines) is 2. The van der Waals surface area contributed by atoms with E-state index in [2.05, 4.69) is 21.9 Å². The Morgan fingerprint density at radius 1 is 1.04 bits per heavy atom. The molecule has 4 nitrogen and oxygen atoms in total. The van der Waals surface area contributed by atoms with Gasteiger partial charge in [-0.05, 0) is 82.5 Å². The summed E-state index contributed by atoms with van der Waals surface area (Å²) in [4.78, 5) is 19.8. The van der Waals surface area contributed by atoms with Gasteiger partial charge in [0.1, 0.15) is 0 Å². The van der Waals surface area contributed by atoms with E-state index in [1.54, 1.807) is 0 Å². The molecule has 0 spiro atoms. The average molecular weight is 391 g/mol. The highest BCUT2D eigenvalue weighted by molar-refractivity contribution is 7.12. The van der Waals surface area contributed by atoms with Gasteiger partial charge in [0.2, 0.25) is 5.91 Å². The van der Waals surface area contributed by atoms with Gasteiger partial charge >= 0.3 is 0 Å². The topological polar surface area (TPSA) is 32.8 Å². The van der Waals surface area contributed by atoms with E-state index in [0.29, 0.717) is 12.0 Å². The summed E-state index contributed by atoms with van der Waals surface area (Å²) in [6, 6.07) is 4.59. The Kier molecular flexibility index (Phi) is 6.85. The van der Waals surface area contributed by atoms with Gasteiger partial charge in [0.15, 0.2) is 0 Å². The minimum absolute atomic E-state index is 0.344. The van der Waals surface area contributed by atoms with Crippen LogP contribution in [0.4, 0.5) is 0 Å². The van der Waals surface area contributed by atoms with E-state index in [1.807, 2.05) is 11.3 Å². The number of rotatable bonds is 6. The maximum atomic E-state index is 12.2. The first-order chi connectivity index (χ1) is 13.3. The van der Waals surface area contributed by atoms with Crippen LogP contribution in [0.3, 0.4) is 0 Å². The predicted molar refractivity (Wildman–Crippen MR) is 110 cm³/mol. The summed E-state index contributed by atoms with van der Waals surface area (Å²) in [7, 11) is 0. The maximum absolute atomic E-state index is 12.2. The van der Waals surface area contributed by atoms with Crippen LogP contribution in [0.5, 0.6) is 0 Å². The third kappa shape index (κ3) is 5.33. The van der Waals surface area contributed by atoms with E-state index in [9.17, 15) is 4.79 Å². The summed E-state index contributed by atoms with van der Waals surface area (Å²) in [5.74, 6) is 1.13. The monoisotopic (exact) mass is 390 g/mol. The number of amides is 1. The lowest BCUT2D eigenvalue weighted by Crippen LogP contribution is -2.34. The molecule has 1 aromatic rings. The lowest BCUT2D eigenvalue weighted by Gasteiger charge is -2.31. The summed E-state index contributed by atoms with van der Waals surface area (Å²) >= 11 is 1.95. The molecule has 150 valence electrons. The number of hydrogen-bond donors (Lipinski definition) is 0. The van der Waals surface area contributed by atoms with Crippen molar-refractivity contribution in [1.29, 1.82) is 0 Å². The van der Waals surface area contributed by atoms with Gasteiger partial charge in [-0.3, -0.25) is 9.69 Å². The zero-order chi connectivity index (χ0) is 18.5. The van der Waals surface area contributed by atoms with E-state index in [0.717, 1.165) is 45.0 Å². The summed E-state index contributed by atoms with van der Waals surface area (Å²) < 4.78 is 5.93. The molecule has 0 unspecified atom stereocenters. The molecule has 0 bridgehead atoms. The molecule has 4 heterocycles. The minimum atomic E-state index is 0.344. The fourth-order valence-corrected chi connectivity index (χ4v) is 5.86. The molecular weight excluding hydrogens is 356 g/mol. The Hall–Kier alpha value is -0.910. The molecule has 4 rings (SSSR count). The molecule has 1 amide bonds. The Morgan fingerprint density at radius 2 is 1.85 bits per heavy atom. The molecule has 1 aromatic heterocycles. The molecule has 3 saturated heterocycles. The lowest BCUT2D eigenvalue weighted by molar-refractivity contribution is -0.130. The highest BCUT2D eigenvalue weighted by atomic mass is 32.1. The van der Waals surface area contributed by atoms with E-state index in [4.69, 9.17) is 4.74 Å². The molecule has 0 aromatic carbocycles. The predicted octanol–water partition coefficient (Wildman–Crippen LogP) is 4.60. The zero-order valence-electron chi connectivity index (χ0n) is 16.5. The number of carbonyl (C=O) groups is 1. The molecule has 27 heavy (non-hydrogen) atoms. The highest BCUT2D eigenvalue weighted by Crippen LogP contribution is 2.33. The van der Waals surface area contributed by atoms with Gasteiger partial charge < -0.3 is 9.64 Å². The largest absolute Gasteiger partial charge is 0.373 e. The maximum Gasteiger partial charge on any atom is 0.222 e. The molecule has 5 heteroatoms. The molecule has 3 aliphatic heterocycles. The van der Waals surface area contributed by atoms with Crippen LogP contribution >= 0.6 is 11.3 Å². The van der Waals surface area contributed by atoms with Crippen molar-refractivity contribution in [2.45, 2.75) is 70.4 Å². The second-order valence-corrected chi connectivity index (χ2v) is 9.71. The SMILES string of the molecule is O=C(CCC1CCN(Cc2ccc([C@@H]3CCCCO3)s2)CC1)N1CCCC1. The van der Waals surface area contributed by atoms with E-state index in [-0.39, 0.29) is 0 Å². The first-order valence-corrected chi connectivity index (χ1v) is 11.8. The zero-order valence-corrected chi connectivity index (χ0v) is 17.4. The van der Waals surface area contributed by atoms with Gasteiger partial charge in [0.25, 0.3) is 0 Å². The molecule has 3 aliphatic rings. The van der Waals surface area contributed by atoms with Gasteiger partial charge in [-0.25, -0.2) is 0 Å². The Bertz CT molecular complexity index is 597. The molecule has 0 N–H and O–H groups in total. The smallest absolute Gasteiger partial charge is 0.222 e. The first-order valence-electron chi connectivity index (χ1n) is 11.0. The Balaban J connectivity index is 1.17. The van der Waals surface area contributed by atoms with Crippen molar-refractivity contribution in [3.8, 4) is 0 Å². The van der Waals surface area contributed by atoms with Crippen LogP contribution in [-0.4, -0.2) is 48.5 Å². The summed E-state index contributed by atoms with van der Waals surface area (Å²) in [5.41, 5.74) is 0. The average Bonchev–Trinajstić information content (AvgIpc) is 3.40. The Morgan fingerprint density at radius 3 is 2.59 bits per heavy atom. The van der Waals surface area contributed by atoms with E-state index in [1.165, 1.54) is 67.8 Å². The fraction of sp³-hybridized carbons (Fsp3) is 0.773. The molecule has 0 aliphatic carbocycles. The number of ether oxygens (including phenoxy) is 1. The van der Waals surface area contributed by atoms with E-state index < -0.39 is 0 Å².